The third-order valence-corrected chi connectivity index (χ3v) is 4.58. The van der Waals surface area contributed by atoms with E-state index in [-0.39, 0.29) is 23.6 Å². The van der Waals surface area contributed by atoms with Gasteiger partial charge < -0.3 is 21.5 Å². The van der Waals surface area contributed by atoms with Crippen LogP contribution in [0.4, 0.5) is 5.69 Å². The maximum absolute atomic E-state index is 12.5. The van der Waals surface area contributed by atoms with Crippen molar-refractivity contribution >= 4 is 17.5 Å². The number of anilines is 1. The highest BCUT2D eigenvalue weighted by Crippen LogP contribution is 2.30. The van der Waals surface area contributed by atoms with E-state index in [0.29, 0.717) is 6.54 Å². The fourth-order valence-electron chi connectivity index (χ4n) is 3.28. The molecule has 1 aromatic carbocycles. The topological polar surface area (TPSA) is 104 Å². The normalized spacial score (nSPS) is 17.7. The molecule has 2 atom stereocenters. The third-order valence-electron chi connectivity index (χ3n) is 4.58. The second-order valence-electron chi connectivity index (χ2n) is 6.62. The lowest BCUT2D eigenvalue weighted by molar-refractivity contribution is -0.136. The predicted molar refractivity (Wildman–Crippen MR) is 93.5 cm³/mol. The number of rotatable bonds is 7. The van der Waals surface area contributed by atoms with Crippen LogP contribution in [0.1, 0.15) is 39.0 Å². The number of amides is 2. The average Bonchev–Trinajstić information content (AvgIpc) is 2.55. The second kappa shape index (κ2) is 8.57. The molecule has 0 radical (unpaired) electrons. The van der Waals surface area contributed by atoms with Crippen LogP contribution in [-0.4, -0.2) is 29.5 Å². The van der Waals surface area contributed by atoms with Crippen LogP contribution < -0.4 is 16.4 Å². The van der Waals surface area contributed by atoms with Gasteiger partial charge in [0.15, 0.2) is 0 Å². The van der Waals surface area contributed by atoms with Crippen molar-refractivity contribution in [3.63, 3.8) is 0 Å². The highest BCUT2D eigenvalue weighted by molar-refractivity contribution is 6.00. The van der Waals surface area contributed by atoms with Crippen LogP contribution in [0.25, 0.3) is 0 Å². The molecule has 5 N–H and O–H groups in total. The van der Waals surface area contributed by atoms with Crippen LogP contribution in [-0.2, 0) is 9.59 Å². The van der Waals surface area contributed by atoms with Gasteiger partial charge in [0.1, 0.15) is 11.7 Å². The van der Waals surface area contributed by atoms with E-state index >= 15 is 0 Å². The van der Waals surface area contributed by atoms with Gasteiger partial charge in [-0.25, -0.2) is 0 Å². The van der Waals surface area contributed by atoms with Crippen LogP contribution in [0.2, 0.25) is 0 Å². The summed E-state index contributed by atoms with van der Waals surface area (Å²) in [6.07, 6.45) is 5.05. The van der Waals surface area contributed by atoms with Crippen LogP contribution in [0.5, 0.6) is 5.75 Å². The van der Waals surface area contributed by atoms with E-state index in [1.54, 1.807) is 24.3 Å². The number of primary amides is 1. The summed E-state index contributed by atoms with van der Waals surface area (Å²) in [6, 6.07) is 6.57. The van der Waals surface area contributed by atoms with Crippen molar-refractivity contribution in [2.24, 2.45) is 17.6 Å². The van der Waals surface area contributed by atoms with E-state index in [4.69, 9.17) is 5.73 Å². The minimum absolute atomic E-state index is 0.0634. The van der Waals surface area contributed by atoms with Gasteiger partial charge >= 0.3 is 0 Å². The second-order valence-corrected chi connectivity index (χ2v) is 6.62. The van der Waals surface area contributed by atoms with Crippen molar-refractivity contribution in [1.82, 2.24) is 5.32 Å². The Bertz CT molecular complexity index is 553. The van der Waals surface area contributed by atoms with Gasteiger partial charge in [-0.05, 0) is 49.9 Å². The Morgan fingerprint density at radius 2 is 1.83 bits per heavy atom. The summed E-state index contributed by atoms with van der Waals surface area (Å²) >= 11 is 0. The quantitative estimate of drug-likeness (QED) is 0.452. The first-order valence-electron chi connectivity index (χ1n) is 8.60. The highest BCUT2D eigenvalue weighted by atomic mass is 16.3. The lowest BCUT2D eigenvalue weighted by Crippen LogP contribution is -2.47. The molecule has 1 aliphatic rings. The summed E-state index contributed by atoms with van der Waals surface area (Å²) in [5, 5.41) is 15.3. The van der Waals surface area contributed by atoms with Crippen molar-refractivity contribution in [1.29, 1.82) is 0 Å². The molecular formula is C18H27N3O3. The summed E-state index contributed by atoms with van der Waals surface area (Å²) in [7, 11) is 0. The minimum Gasteiger partial charge on any atom is -0.508 e. The number of hydrogen-bond acceptors (Lipinski definition) is 4. The van der Waals surface area contributed by atoms with Crippen molar-refractivity contribution in [3.8, 4) is 5.75 Å². The van der Waals surface area contributed by atoms with Gasteiger partial charge in [-0.3, -0.25) is 9.59 Å². The van der Waals surface area contributed by atoms with Gasteiger partial charge in [0, 0.05) is 18.3 Å². The zero-order valence-corrected chi connectivity index (χ0v) is 14.1. The molecule has 2 amide bonds. The number of aromatic hydroxyl groups is 1. The lowest BCUT2D eigenvalue weighted by Gasteiger charge is -2.28. The average molecular weight is 333 g/mol. The Kier molecular flexibility index (Phi) is 6.46. The standard InChI is InChI=1S/C18H27N3O3/c1-12(11-20-14-7-9-15(22)10-8-14)21-18(24)16(17(19)23)13-5-3-2-4-6-13/h7-10,12-13,16,20,22H,2-6,11H2,1H3,(H2,19,23)(H,21,24)/t12-,16?/m0/s1. The van der Waals surface area contributed by atoms with Gasteiger partial charge in [-0.1, -0.05) is 19.3 Å². The highest BCUT2D eigenvalue weighted by Gasteiger charge is 2.34. The molecule has 6 heteroatoms. The molecular weight excluding hydrogens is 306 g/mol. The first kappa shape index (κ1) is 18.1. The minimum atomic E-state index is -0.735. The number of nitrogens with one attached hydrogen (secondary N) is 2. The summed E-state index contributed by atoms with van der Waals surface area (Å²) in [6.45, 7) is 2.40. The molecule has 0 aliphatic heterocycles. The van der Waals surface area contributed by atoms with Gasteiger partial charge in [0.2, 0.25) is 11.8 Å². The number of carbonyl (C=O) groups excluding carboxylic acids is 2. The number of hydrogen-bond donors (Lipinski definition) is 4. The van der Waals surface area contributed by atoms with Gasteiger partial charge in [0.05, 0.1) is 0 Å². The Morgan fingerprint density at radius 1 is 1.21 bits per heavy atom. The number of carbonyl (C=O) groups is 2. The molecule has 0 spiro atoms. The molecule has 1 saturated carbocycles. The Morgan fingerprint density at radius 3 is 2.42 bits per heavy atom. The monoisotopic (exact) mass is 333 g/mol. The molecule has 2 rings (SSSR count). The van der Waals surface area contributed by atoms with Crippen molar-refractivity contribution < 1.29 is 14.7 Å². The number of phenolic OH excluding ortho intramolecular Hbond substituents is 1. The Balaban J connectivity index is 1.86. The smallest absolute Gasteiger partial charge is 0.233 e. The van der Waals surface area contributed by atoms with Crippen LogP contribution >= 0.6 is 0 Å². The van der Waals surface area contributed by atoms with E-state index in [2.05, 4.69) is 10.6 Å². The van der Waals surface area contributed by atoms with E-state index in [9.17, 15) is 14.7 Å². The first-order chi connectivity index (χ1) is 11.5. The van der Waals surface area contributed by atoms with Crippen LogP contribution in [0.15, 0.2) is 24.3 Å². The molecule has 1 aliphatic carbocycles. The first-order valence-corrected chi connectivity index (χ1v) is 8.60. The molecule has 24 heavy (non-hydrogen) atoms. The zero-order chi connectivity index (χ0) is 17.5. The Hall–Kier alpha value is -2.24. The molecule has 6 nitrogen and oxygen atoms in total. The maximum Gasteiger partial charge on any atom is 0.233 e. The van der Waals surface area contributed by atoms with E-state index in [1.807, 2.05) is 6.92 Å². The molecule has 132 valence electrons. The fraction of sp³-hybridized carbons (Fsp3) is 0.556. The van der Waals surface area contributed by atoms with Crippen molar-refractivity contribution in [3.05, 3.63) is 24.3 Å². The number of benzene rings is 1. The SMILES string of the molecule is C[C@@H](CNc1ccc(O)cc1)NC(=O)C(C(N)=O)C1CCCCC1. The van der Waals surface area contributed by atoms with Gasteiger partial charge in [0.25, 0.3) is 0 Å². The van der Waals surface area contributed by atoms with Crippen molar-refractivity contribution in [2.45, 2.75) is 45.1 Å². The zero-order valence-electron chi connectivity index (χ0n) is 14.1. The lowest BCUT2D eigenvalue weighted by atomic mass is 9.79. The molecule has 1 unspecified atom stereocenters. The van der Waals surface area contributed by atoms with Crippen LogP contribution in [0, 0.1) is 11.8 Å². The van der Waals surface area contributed by atoms with E-state index < -0.39 is 11.8 Å². The van der Waals surface area contributed by atoms with E-state index in [1.165, 1.54) is 0 Å². The molecule has 0 heterocycles. The summed E-state index contributed by atoms with van der Waals surface area (Å²) < 4.78 is 0. The molecule has 0 bridgehead atoms. The summed E-state index contributed by atoms with van der Waals surface area (Å²) in [5.41, 5.74) is 6.34. The molecule has 0 aromatic heterocycles. The van der Waals surface area contributed by atoms with Crippen LogP contribution in [0.3, 0.4) is 0 Å². The largest absolute Gasteiger partial charge is 0.508 e. The van der Waals surface area contributed by atoms with Gasteiger partial charge in [-0.2, -0.15) is 0 Å². The molecule has 1 fully saturated rings. The van der Waals surface area contributed by atoms with E-state index in [0.717, 1.165) is 37.8 Å². The third kappa shape index (κ3) is 5.15. The summed E-state index contributed by atoms with van der Waals surface area (Å²) in [4.78, 5) is 24.2. The summed E-state index contributed by atoms with van der Waals surface area (Å²) in [5.74, 6) is -1.26. The Labute approximate surface area is 142 Å². The fourth-order valence-corrected chi connectivity index (χ4v) is 3.28. The predicted octanol–water partition coefficient (Wildman–Crippen LogP) is 1.99. The molecule has 1 aromatic rings. The molecule has 0 saturated heterocycles. The number of nitrogens with two attached hydrogens (primary N) is 1. The number of phenols is 1. The maximum atomic E-state index is 12.5. The van der Waals surface area contributed by atoms with Gasteiger partial charge in [-0.15, -0.1) is 0 Å². The van der Waals surface area contributed by atoms with Crippen molar-refractivity contribution in [2.75, 3.05) is 11.9 Å².